The van der Waals surface area contributed by atoms with Crippen LogP contribution in [0.2, 0.25) is 0 Å². The molecule has 0 aliphatic heterocycles. The molecule has 4 nitrogen and oxygen atoms in total. The van der Waals surface area contributed by atoms with E-state index in [0.717, 1.165) is 28.9 Å². The molecule has 0 saturated heterocycles. The number of hydrogen-bond acceptors (Lipinski definition) is 3. The molecule has 25 heavy (non-hydrogen) atoms. The molecular weight excluding hydrogens is 330 g/mol. The summed E-state index contributed by atoms with van der Waals surface area (Å²) in [6.07, 6.45) is 4.02. The van der Waals surface area contributed by atoms with E-state index in [1.54, 1.807) is 11.3 Å². The van der Waals surface area contributed by atoms with E-state index in [2.05, 4.69) is 33.5 Å². The van der Waals surface area contributed by atoms with Gasteiger partial charge in [-0.1, -0.05) is 30.3 Å². The van der Waals surface area contributed by atoms with E-state index in [0.29, 0.717) is 13.0 Å². The topological polar surface area (TPSA) is 57.8 Å². The number of rotatable bonds is 6. The average Bonchev–Trinajstić information content (AvgIpc) is 3.23. The molecule has 0 aliphatic rings. The van der Waals surface area contributed by atoms with E-state index in [9.17, 15) is 4.79 Å². The molecule has 126 valence electrons. The number of benzene rings is 2. The molecule has 2 heterocycles. The first kappa shape index (κ1) is 15.8. The van der Waals surface area contributed by atoms with Crippen molar-refractivity contribution in [1.82, 2.24) is 15.3 Å². The summed E-state index contributed by atoms with van der Waals surface area (Å²) in [7, 11) is 0. The van der Waals surface area contributed by atoms with Crippen molar-refractivity contribution < 1.29 is 4.79 Å². The maximum absolute atomic E-state index is 12.1. The number of hydrogen-bond donors (Lipinski definition) is 2. The van der Waals surface area contributed by atoms with Crippen molar-refractivity contribution in [2.75, 3.05) is 6.54 Å². The van der Waals surface area contributed by atoms with Crippen LogP contribution in [-0.4, -0.2) is 22.4 Å². The van der Waals surface area contributed by atoms with Gasteiger partial charge in [0.05, 0.1) is 15.2 Å². The average molecular weight is 349 g/mol. The zero-order valence-electron chi connectivity index (χ0n) is 13.8. The number of amides is 1. The lowest BCUT2D eigenvalue weighted by molar-refractivity contribution is -0.121. The van der Waals surface area contributed by atoms with E-state index >= 15 is 0 Å². The van der Waals surface area contributed by atoms with E-state index in [-0.39, 0.29) is 5.91 Å². The maximum Gasteiger partial charge on any atom is 0.220 e. The fourth-order valence-corrected chi connectivity index (χ4v) is 3.98. The number of aromatic amines is 1. The Hall–Kier alpha value is -2.66. The Balaban J connectivity index is 1.27. The van der Waals surface area contributed by atoms with E-state index in [1.807, 2.05) is 36.5 Å². The Labute approximate surface area is 149 Å². The van der Waals surface area contributed by atoms with Crippen molar-refractivity contribution in [2.45, 2.75) is 19.3 Å². The molecule has 0 radical (unpaired) electrons. The molecule has 0 bridgehead atoms. The van der Waals surface area contributed by atoms with Crippen LogP contribution in [0.25, 0.3) is 21.1 Å². The van der Waals surface area contributed by atoms with Crippen LogP contribution in [0.4, 0.5) is 0 Å². The number of H-pyrrole nitrogens is 1. The summed E-state index contributed by atoms with van der Waals surface area (Å²) in [5.41, 5.74) is 3.35. The van der Waals surface area contributed by atoms with Gasteiger partial charge in [-0.2, -0.15) is 0 Å². The molecule has 0 unspecified atom stereocenters. The van der Waals surface area contributed by atoms with Gasteiger partial charge in [-0.05, 0) is 30.2 Å². The highest BCUT2D eigenvalue weighted by molar-refractivity contribution is 7.18. The molecule has 2 aromatic carbocycles. The fraction of sp³-hybridized carbons (Fsp3) is 0.200. The van der Waals surface area contributed by atoms with Crippen LogP contribution in [0, 0.1) is 0 Å². The SMILES string of the molecule is O=C(CCc1c[nH]c2ccccc12)NCCc1nc2ccccc2s1. The van der Waals surface area contributed by atoms with Crippen LogP contribution in [0.3, 0.4) is 0 Å². The standard InChI is InChI=1S/C20H19N3OS/c24-19(10-9-14-13-22-16-6-2-1-5-15(14)16)21-12-11-20-23-17-7-3-4-8-18(17)25-20/h1-8,13,22H,9-12H2,(H,21,24). The minimum absolute atomic E-state index is 0.0893. The van der Waals surface area contributed by atoms with Gasteiger partial charge in [-0.25, -0.2) is 4.98 Å². The lowest BCUT2D eigenvalue weighted by atomic mass is 10.1. The summed E-state index contributed by atoms with van der Waals surface area (Å²) >= 11 is 1.70. The maximum atomic E-state index is 12.1. The number of aromatic nitrogens is 2. The van der Waals surface area contributed by atoms with Gasteiger partial charge in [-0.3, -0.25) is 4.79 Å². The highest BCUT2D eigenvalue weighted by atomic mass is 32.1. The van der Waals surface area contributed by atoms with E-state index in [4.69, 9.17) is 0 Å². The van der Waals surface area contributed by atoms with Gasteiger partial charge in [0.15, 0.2) is 0 Å². The van der Waals surface area contributed by atoms with Gasteiger partial charge in [0.2, 0.25) is 5.91 Å². The number of nitrogens with zero attached hydrogens (tertiary/aromatic N) is 1. The minimum atomic E-state index is 0.0893. The Kier molecular flexibility index (Phi) is 4.48. The van der Waals surface area contributed by atoms with Crippen LogP contribution in [0.1, 0.15) is 17.0 Å². The van der Waals surface area contributed by atoms with Crippen LogP contribution in [0.15, 0.2) is 54.7 Å². The normalized spacial score (nSPS) is 11.2. The minimum Gasteiger partial charge on any atom is -0.361 e. The third-order valence-electron chi connectivity index (χ3n) is 4.30. The molecule has 0 atom stereocenters. The molecule has 1 amide bonds. The van der Waals surface area contributed by atoms with Crippen molar-refractivity contribution in [1.29, 1.82) is 0 Å². The van der Waals surface area contributed by atoms with Crippen LogP contribution in [-0.2, 0) is 17.6 Å². The number of aryl methyl sites for hydroxylation is 1. The molecule has 4 rings (SSSR count). The summed E-state index contributed by atoms with van der Waals surface area (Å²) in [5, 5.41) is 5.27. The second-order valence-corrected chi connectivity index (χ2v) is 7.15. The fourth-order valence-electron chi connectivity index (χ4n) is 3.01. The Morgan fingerprint density at radius 3 is 2.84 bits per heavy atom. The number of para-hydroxylation sites is 2. The van der Waals surface area contributed by atoms with Crippen LogP contribution >= 0.6 is 11.3 Å². The number of thiazole rings is 1. The van der Waals surface area contributed by atoms with Gasteiger partial charge < -0.3 is 10.3 Å². The van der Waals surface area contributed by atoms with Crippen molar-refractivity contribution in [3.63, 3.8) is 0 Å². The van der Waals surface area contributed by atoms with Gasteiger partial charge in [-0.15, -0.1) is 11.3 Å². The van der Waals surface area contributed by atoms with Crippen molar-refractivity contribution in [2.24, 2.45) is 0 Å². The van der Waals surface area contributed by atoms with Crippen molar-refractivity contribution in [3.8, 4) is 0 Å². The number of fused-ring (bicyclic) bond motifs is 2. The van der Waals surface area contributed by atoms with Crippen molar-refractivity contribution in [3.05, 3.63) is 65.3 Å². The Morgan fingerprint density at radius 1 is 1.08 bits per heavy atom. The Bertz CT molecular complexity index is 985. The monoisotopic (exact) mass is 349 g/mol. The van der Waals surface area contributed by atoms with Gasteiger partial charge >= 0.3 is 0 Å². The van der Waals surface area contributed by atoms with Gasteiger partial charge in [0.1, 0.15) is 0 Å². The predicted molar refractivity (Wildman–Crippen MR) is 103 cm³/mol. The Morgan fingerprint density at radius 2 is 1.92 bits per heavy atom. The zero-order valence-corrected chi connectivity index (χ0v) is 14.6. The van der Waals surface area contributed by atoms with E-state index in [1.165, 1.54) is 15.6 Å². The molecule has 0 fully saturated rings. The number of carbonyl (C=O) groups is 1. The highest BCUT2D eigenvalue weighted by Gasteiger charge is 2.07. The predicted octanol–water partition coefficient (Wildman–Crippen LogP) is 4.07. The zero-order chi connectivity index (χ0) is 17.1. The molecule has 5 heteroatoms. The molecule has 0 aliphatic carbocycles. The summed E-state index contributed by atoms with van der Waals surface area (Å²) in [5.74, 6) is 0.0893. The second kappa shape index (κ2) is 7.07. The molecular formula is C20H19N3OS. The van der Waals surface area contributed by atoms with E-state index < -0.39 is 0 Å². The molecule has 2 N–H and O–H groups in total. The van der Waals surface area contributed by atoms with Crippen LogP contribution in [0.5, 0.6) is 0 Å². The van der Waals surface area contributed by atoms with Crippen molar-refractivity contribution >= 4 is 38.4 Å². The first-order valence-electron chi connectivity index (χ1n) is 8.46. The smallest absolute Gasteiger partial charge is 0.220 e. The lowest BCUT2D eigenvalue weighted by Crippen LogP contribution is -2.25. The molecule has 4 aromatic rings. The largest absolute Gasteiger partial charge is 0.361 e. The number of nitrogens with one attached hydrogen (secondary N) is 2. The second-order valence-electron chi connectivity index (χ2n) is 6.03. The van der Waals surface area contributed by atoms with Crippen LogP contribution < -0.4 is 5.32 Å². The summed E-state index contributed by atoms with van der Waals surface area (Å²) in [6.45, 7) is 0.631. The quantitative estimate of drug-likeness (QED) is 0.551. The molecule has 0 spiro atoms. The summed E-state index contributed by atoms with van der Waals surface area (Å²) < 4.78 is 1.20. The molecule has 0 saturated carbocycles. The highest BCUT2D eigenvalue weighted by Crippen LogP contribution is 2.21. The number of carbonyl (C=O) groups excluding carboxylic acids is 1. The van der Waals surface area contributed by atoms with Gasteiger partial charge in [0, 0.05) is 36.5 Å². The van der Waals surface area contributed by atoms with Gasteiger partial charge in [0.25, 0.3) is 0 Å². The summed E-state index contributed by atoms with van der Waals surface area (Å²) in [4.78, 5) is 19.9. The first-order valence-corrected chi connectivity index (χ1v) is 9.27. The summed E-state index contributed by atoms with van der Waals surface area (Å²) in [6, 6.07) is 16.3. The lowest BCUT2D eigenvalue weighted by Gasteiger charge is -2.03. The molecule has 2 aromatic heterocycles. The third kappa shape index (κ3) is 3.56. The third-order valence-corrected chi connectivity index (χ3v) is 5.39. The first-order chi connectivity index (χ1) is 12.3.